The average Bonchev–Trinajstić information content (AvgIpc) is 3.41. The Labute approximate surface area is 184 Å². The molecule has 1 aliphatic heterocycles. The van der Waals surface area contributed by atoms with Crippen LogP contribution in [0.25, 0.3) is 5.69 Å². The summed E-state index contributed by atoms with van der Waals surface area (Å²) in [6.45, 7) is 3.60. The van der Waals surface area contributed by atoms with E-state index in [4.69, 9.17) is 11.6 Å². The molecule has 1 aliphatic rings. The number of nitrogens with one attached hydrogen (secondary N) is 1. The van der Waals surface area contributed by atoms with Crippen LogP contribution in [0.4, 0.5) is 4.39 Å². The van der Waals surface area contributed by atoms with Gasteiger partial charge in [-0.15, -0.1) is 0 Å². The van der Waals surface area contributed by atoms with Gasteiger partial charge < -0.3 is 10.2 Å². The van der Waals surface area contributed by atoms with Gasteiger partial charge in [0, 0.05) is 25.2 Å². The van der Waals surface area contributed by atoms with E-state index in [0.717, 1.165) is 31.5 Å². The number of rotatable bonds is 5. The van der Waals surface area contributed by atoms with E-state index in [1.807, 2.05) is 17.0 Å². The Bertz CT molecular complexity index is 1100. The van der Waals surface area contributed by atoms with Gasteiger partial charge in [-0.3, -0.25) is 9.59 Å². The van der Waals surface area contributed by atoms with Crippen molar-refractivity contribution in [3.63, 3.8) is 0 Å². The molecule has 0 spiro atoms. The van der Waals surface area contributed by atoms with Crippen molar-refractivity contribution in [3.8, 4) is 5.69 Å². The molecule has 31 heavy (non-hydrogen) atoms. The molecule has 1 saturated heterocycles. The standard InChI is InChI=1S/C23H22ClFN4O2/c1-15-20(21(24)29(27-15)19-10-8-18(25)9-11-19)22(30)26-14-16-4-6-17(7-5-16)23(31)28-12-2-3-13-28/h4-11H,2-3,12-14H2,1H3,(H,26,30). The molecule has 2 amide bonds. The van der Waals surface area contributed by atoms with Gasteiger partial charge >= 0.3 is 0 Å². The van der Waals surface area contributed by atoms with E-state index in [2.05, 4.69) is 10.4 Å². The highest BCUT2D eigenvalue weighted by Gasteiger charge is 2.22. The van der Waals surface area contributed by atoms with E-state index in [9.17, 15) is 14.0 Å². The van der Waals surface area contributed by atoms with Crippen molar-refractivity contribution in [2.45, 2.75) is 26.3 Å². The third-order valence-corrected chi connectivity index (χ3v) is 5.70. The molecule has 1 aromatic heterocycles. The molecule has 2 aromatic carbocycles. The minimum absolute atomic E-state index is 0.0451. The predicted octanol–water partition coefficient (Wildman–Crippen LogP) is 4.14. The number of carbonyl (C=O) groups excluding carboxylic acids is 2. The molecule has 0 bridgehead atoms. The minimum atomic E-state index is -0.366. The molecule has 0 saturated carbocycles. The number of hydrogen-bond acceptors (Lipinski definition) is 3. The average molecular weight is 441 g/mol. The van der Waals surface area contributed by atoms with Crippen LogP contribution >= 0.6 is 11.6 Å². The van der Waals surface area contributed by atoms with E-state index < -0.39 is 0 Å². The Hall–Kier alpha value is -3.19. The summed E-state index contributed by atoms with van der Waals surface area (Å²) in [5.41, 5.74) is 2.82. The van der Waals surface area contributed by atoms with Gasteiger partial charge in [0.1, 0.15) is 11.0 Å². The number of likely N-dealkylation sites (tertiary alicyclic amines) is 1. The molecule has 1 fully saturated rings. The number of hydrogen-bond donors (Lipinski definition) is 1. The number of benzene rings is 2. The largest absolute Gasteiger partial charge is 0.348 e. The lowest BCUT2D eigenvalue weighted by Crippen LogP contribution is -2.27. The fourth-order valence-electron chi connectivity index (χ4n) is 3.65. The molecule has 0 radical (unpaired) electrons. The summed E-state index contributed by atoms with van der Waals surface area (Å²) in [5, 5.41) is 7.32. The molecular weight excluding hydrogens is 419 g/mol. The summed E-state index contributed by atoms with van der Waals surface area (Å²) in [6, 6.07) is 12.9. The molecular formula is C23H22ClFN4O2. The van der Waals surface area contributed by atoms with Gasteiger partial charge in [0.2, 0.25) is 0 Å². The Morgan fingerprint density at radius 1 is 1.06 bits per heavy atom. The van der Waals surface area contributed by atoms with Crippen molar-refractivity contribution in [1.82, 2.24) is 20.0 Å². The SMILES string of the molecule is Cc1nn(-c2ccc(F)cc2)c(Cl)c1C(=O)NCc1ccc(C(=O)N2CCCC2)cc1. The lowest BCUT2D eigenvalue weighted by molar-refractivity contribution is 0.0792. The fraction of sp³-hybridized carbons (Fsp3) is 0.261. The van der Waals surface area contributed by atoms with Crippen molar-refractivity contribution in [1.29, 1.82) is 0 Å². The molecule has 3 aromatic rings. The summed E-state index contributed by atoms with van der Waals surface area (Å²) in [5.74, 6) is -0.674. The summed E-state index contributed by atoms with van der Waals surface area (Å²) in [4.78, 5) is 27.0. The van der Waals surface area contributed by atoms with Crippen LogP contribution < -0.4 is 5.32 Å². The lowest BCUT2D eigenvalue weighted by atomic mass is 10.1. The van der Waals surface area contributed by atoms with E-state index in [1.165, 1.54) is 16.8 Å². The minimum Gasteiger partial charge on any atom is -0.348 e. The van der Waals surface area contributed by atoms with E-state index in [-0.39, 0.29) is 34.9 Å². The number of aromatic nitrogens is 2. The number of nitrogens with zero attached hydrogens (tertiary/aromatic N) is 3. The van der Waals surface area contributed by atoms with Crippen LogP contribution in [0, 0.1) is 12.7 Å². The molecule has 0 unspecified atom stereocenters. The van der Waals surface area contributed by atoms with Crippen LogP contribution in [0.5, 0.6) is 0 Å². The highest BCUT2D eigenvalue weighted by atomic mass is 35.5. The summed E-state index contributed by atoms with van der Waals surface area (Å²) in [6.07, 6.45) is 2.10. The van der Waals surface area contributed by atoms with Crippen molar-refractivity contribution >= 4 is 23.4 Å². The van der Waals surface area contributed by atoms with Crippen molar-refractivity contribution in [3.05, 3.63) is 81.9 Å². The van der Waals surface area contributed by atoms with Crippen LogP contribution in [0.1, 0.15) is 44.8 Å². The van der Waals surface area contributed by atoms with Gasteiger partial charge in [0.25, 0.3) is 11.8 Å². The lowest BCUT2D eigenvalue weighted by Gasteiger charge is -2.15. The molecule has 1 N–H and O–H groups in total. The summed E-state index contributed by atoms with van der Waals surface area (Å²) in [7, 11) is 0. The first-order valence-corrected chi connectivity index (χ1v) is 10.5. The normalized spacial score (nSPS) is 13.5. The van der Waals surface area contributed by atoms with E-state index in [1.54, 1.807) is 31.2 Å². The second kappa shape index (κ2) is 8.89. The molecule has 8 heteroatoms. The van der Waals surface area contributed by atoms with Gasteiger partial charge in [0.05, 0.1) is 16.9 Å². The van der Waals surface area contributed by atoms with Gasteiger partial charge in [-0.05, 0) is 61.7 Å². The molecule has 6 nitrogen and oxygen atoms in total. The maximum Gasteiger partial charge on any atom is 0.256 e. The van der Waals surface area contributed by atoms with Crippen molar-refractivity contribution < 1.29 is 14.0 Å². The molecule has 2 heterocycles. The van der Waals surface area contributed by atoms with Crippen molar-refractivity contribution in [2.24, 2.45) is 0 Å². The Morgan fingerprint density at radius 3 is 2.35 bits per heavy atom. The number of aryl methyl sites for hydroxylation is 1. The zero-order valence-corrected chi connectivity index (χ0v) is 17.8. The van der Waals surface area contributed by atoms with Gasteiger partial charge in [-0.1, -0.05) is 23.7 Å². The van der Waals surface area contributed by atoms with Crippen LogP contribution in [-0.4, -0.2) is 39.6 Å². The second-order valence-corrected chi connectivity index (χ2v) is 7.88. The Kier molecular flexibility index (Phi) is 6.04. The van der Waals surface area contributed by atoms with Gasteiger partial charge in [0.15, 0.2) is 0 Å². The Morgan fingerprint density at radius 2 is 1.71 bits per heavy atom. The Balaban J connectivity index is 1.43. The summed E-state index contributed by atoms with van der Waals surface area (Å²) >= 11 is 6.40. The molecule has 0 atom stereocenters. The zero-order chi connectivity index (χ0) is 22.0. The van der Waals surface area contributed by atoms with Crippen LogP contribution in [0.2, 0.25) is 5.15 Å². The third-order valence-electron chi connectivity index (χ3n) is 5.35. The number of halogens is 2. The van der Waals surface area contributed by atoms with Gasteiger partial charge in [-0.2, -0.15) is 5.10 Å². The molecule has 4 rings (SSSR count). The maximum absolute atomic E-state index is 13.2. The highest BCUT2D eigenvalue weighted by molar-refractivity contribution is 6.33. The third kappa shape index (κ3) is 4.46. The predicted molar refractivity (Wildman–Crippen MR) is 116 cm³/mol. The van der Waals surface area contributed by atoms with E-state index >= 15 is 0 Å². The van der Waals surface area contributed by atoms with Crippen LogP contribution in [0.15, 0.2) is 48.5 Å². The maximum atomic E-state index is 13.2. The summed E-state index contributed by atoms with van der Waals surface area (Å²) < 4.78 is 14.6. The van der Waals surface area contributed by atoms with Crippen molar-refractivity contribution in [2.75, 3.05) is 13.1 Å². The van der Waals surface area contributed by atoms with Crippen LogP contribution in [-0.2, 0) is 6.54 Å². The smallest absolute Gasteiger partial charge is 0.256 e. The number of amides is 2. The van der Waals surface area contributed by atoms with E-state index in [0.29, 0.717) is 16.9 Å². The molecule has 160 valence electrons. The first-order valence-electron chi connectivity index (χ1n) is 10.1. The first-order chi connectivity index (χ1) is 14.9. The fourth-order valence-corrected chi connectivity index (χ4v) is 4.01. The monoisotopic (exact) mass is 440 g/mol. The van der Waals surface area contributed by atoms with Crippen LogP contribution in [0.3, 0.4) is 0 Å². The number of carbonyl (C=O) groups is 2. The highest BCUT2D eigenvalue weighted by Crippen LogP contribution is 2.24. The second-order valence-electron chi connectivity index (χ2n) is 7.52. The van der Waals surface area contributed by atoms with Gasteiger partial charge in [-0.25, -0.2) is 9.07 Å². The zero-order valence-electron chi connectivity index (χ0n) is 17.1. The first kappa shape index (κ1) is 21.1. The molecule has 0 aliphatic carbocycles. The topological polar surface area (TPSA) is 67.2 Å². The quantitative estimate of drug-likeness (QED) is 0.648.